The molecule has 4 heteroatoms. The van der Waals surface area contributed by atoms with Gasteiger partial charge in [0, 0.05) is 32.1 Å². The lowest BCUT2D eigenvalue weighted by atomic mass is 9.94. The second kappa shape index (κ2) is 6.02. The normalized spacial score (nSPS) is 17.9. The standard InChI is InChI=1S/C13H23N3O/c1-4-12(17)16-7-5-11(6-8-16)15-10-13(2,3)9-14/h11,15H,4-8,10H2,1-3H3. The van der Waals surface area contributed by atoms with Gasteiger partial charge in [0.1, 0.15) is 0 Å². The van der Waals surface area contributed by atoms with E-state index in [2.05, 4.69) is 11.4 Å². The molecule has 1 amide bonds. The lowest BCUT2D eigenvalue weighted by molar-refractivity contribution is -0.131. The molecule has 0 aromatic heterocycles. The van der Waals surface area contributed by atoms with E-state index in [9.17, 15) is 4.79 Å². The SMILES string of the molecule is CCC(=O)N1CCC(NCC(C)(C)C#N)CC1. The van der Waals surface area contributed by atoms with Gasteiger partial charge >= 0.3 is 0 Å². The molecule has 1 aliphatic heterocycles. The molecule has 0 spiro atoms. The quantitative estimate of drug-likeness (QED) is 0.806. The smallest absolute Gasteiger partial charge is 0.222 e. The van der Waals surface area contributed by atoms with E-state index in [1.165, 1.54) is 0 Å². The molecule has 17 heavy (non-hydrogen) atoms. The van der Waals surface area contributed by atoms with Gasteiger partial charge in [0.05, 0.1) is 11.5 Å². The second-order valence-electron chi connectivity index (χ2n) is 5.39. The third-order valence-corrected chi connectivity index (χ3v) is 3.29. The summed E-state index contributed by atoms with van der Waals surface area (Å²) in [5, 5.41) is 12.4. The van der Waals surface area contributed by atoms with E-state index < -0.39 is 0 Å². The number of carbonyl (C=O) groups excluding carboxylic acids is 1. The maximum atomic E-state index is 11.5. The Balaban J connectivity index is 2.29. The van der Waals surface area contributed by atoms with Crippen molar-refractivity contribution in [3.8, 4) is 6.07 Å². The minimum Gasteiger partial charge on any atom is -0.343 e. The van der Waals surface area contributed by atoms with Gasteiger partial charge in [-0.3, -0.25) is 4.79 Å². The molecule has 1 rings (SSSR count). The summed E-state index contributed by atoms with van der Waals surface area (Å²) in [6, 6.07) is 2.74. The molecular weight excluding hydrogens is 214 g/mol. The minimum absolute atomic E-state index is 0.251. The zero-order chi connectivity index (χ0) is 12.9. The fourth-order valence-corrected chi connectivity index (χ4v) is 2.00. The van der Waals surface area contributed by atoms with Crippen molar-refractivity contribution in [2.24, 2.45) is 5.41 Å². The highest BCUT2D eigenvalue weighted by Gasteiger charge is 2.24. The molecule has 0 atom stereocenters. The topological polar surface area (TPSA) is 56.1 Å². The molecule has 0 bridgehead atoms. The molecular formula is C13H23N3O. The first-order valence-corrected chi connectivity index (χ1v) is 6.41. The van der Waals surface area contributed by atoms with Gasteiger partial charge in [-0.25, -0.2) is 0 Å². The number of likely N-dealkylation sites (tertiary alicyclic amines) is 1. The van der Waals surface area contributed by atoms with Crippen LogP contribution in [0.1, 0.15) is 40.0 Å². The first-order valence-electron chi connectivity index (χ1n) is 6.41. The predicted molar refractivity (Wildman–Crippen MR) is 67.3 cm³/mol. The fraction of sp³-hybridized carbons (Fsp3) is 0.846. The van der Waals surface area contributed by atoms with Crippen LogP contribution in [0.2, 0.25) is 0 Å². The Morgan fingerprint density at radius 2 is 2.06 bits per heavy atom. The lowest BCUT2D eigenvalue weighted by Crippen LogP contribution is -2.46. The van der Waals surface area contributed by atoms with Crippen molar-refractivity contribution < 1.29 is 4.79 Å². The lowest BCUT2D eigenvalue weighted by Gasteiger charge is -2.33. The molecule has 0 aromatic rings. The van der Waals surface area contributed by atoms with E-state index in [0.29, 0.717) is 12.5 Å². The third-order valence-electron chi connectivity index (χ3n) is 3.29. The second-order valence-corrected chi connectivity index (χ2v) is 5.39. The Morgan fingerprint density at radius 3 is 2.53 bits per heavy atom. The van der Waals surface area contributed by atoms with Gasteiger partial charge in [-0.05, 0) is 26.7 Å². The summed E-state index contributed by atoms with van der Waals surface area (Å²) < 4.78 is 0. The zero-order valence-electron chi connectivity index (χ0n) is 11.1. The predicted octanol–water partition coefficient (Wildman–Crippen LogP) is 1.53. The first kappa shape index (κ1) is 14.0. The summed E-state index contributed by atoms with van der Waals surface area (Å²) in [5.41, 5.74) is -0.309. The van der Waals surface area contributed by atoms with Gasteiger partial charge in [0.15, 0.2) is 0 Å². The Bertz CT molecular complexity index is 298. The Kier molecular flexibility index (Phi) is 4.95. The van der Waals surface area contributed by atoms with Crippen molar-refractivity contribution in [3.05, 3.63) is 0 Å². The Morgan fingerprint density at radius 1 is 1.47 bits per heavy atom. The summed E-state index contributed by atoms with van der Waals surface area (Å²) in [4.78, 5) is 13.4. The van der Waals surface area contributed by atoms with Crippen LogP contribution < -0.4 is 5.32 Å². The highest BCUT2D eigenvalue weighted by molar-refractivity contribution is 5.75. The van der Waals surface area contributed by atoms with Crippen molar-refractivity contribution in [3.63, 3.8) is 0 Å². The van der Waals surface area contributed by atoms with Crippen molar-refractivity contribution >= 4 is 5.91 Å². The van der Waals surface area contributed by atoms with E-state index in [1.54, 1.807) is 0 Å². The molecule has 0 unspecified atom stereocenters. The number of amides is 1. The number of carbonyl (C=O) groups is 1. The number of hydrogen-bond acceptors (Lipinski definition) is 3. The van der Waals surface area contributed by atoms with Gasteiger partial charge in [-0.1, -0.05) is 6.92 Å². The van der Waals surface area contributed by atoms with E-state index >= 15 is 0 Å². The molecule has 0 aliphatic carbocycles. The van der Waals surface area contributed by atoms with Crippen LogP contribution in [0.4, 0.5) is 0 Å². The summed E-state index contributed by atoms with van der Waals surface area (Å²) in [7, 11) is 0. The molecule has 0 aromatic carbocycles. The number of nitrogens with zero attached hydrogens (tertiary/aromatic N) is 2. The van der Waals surface area contributed by atoms with Gasteiger partial charge in [0.2, 0.25) is 5.91 Å². The van der Waals surface area contributed by atoms with E-state index in [4.69, 9.17) is 5.26 Å². The van der Waals surface area contributed by atoms with Gasteiger partial charge < -0.3 is 10.2 Å². The van der Waals surface area contributed by atoms with Gasteiger partial charge in [-0.15, -0.1) is 0 Å². The largest absolute Gasteiger partial charge is 0.343 e. The van der Waals surface area contributed by atoms with Crippen LogP contribution >= 0.6 is 0 Å². The molecule has 1 N–H and O–H groups in total. The molecule has 1 heterocycles. The van der Waals surface area contributed by atoms with Crippen molar-refractivity contribution in [2.45, 2.75) is 46.1 Å². The van der Waals surface area contributed by atoms with Crippen molar-refractivity contribution in [1.29, 1.82) is 5.26 Å². The van der Waals surface area contributed by atoms with Crippen LogP contribution in [0, 0.1) is 16.7 Å². The van der Waals surface area contributed by atoms with Crippen LogP contribution in [-0.2, 0) is 4.79 Å². The van der Waals surface area contributed by atoms with Crippen LogP contribution in [-0.4, -0.2) is 36.5 Å². The van der Waals surface area contributed by atoms with E-state index in [1.807, 2.05) is 25.7 Å². The van der Waals surface area contributed by atoms with Gasteiger partial charge in [-0.2, -0.15) is 5.26 Å². The summed E-state index contributed by atoms with van der Waals surface area (Å²) in [6.07, 6.45) is 2.58. The first-order chi connectivity index (χ1) is 7.98. The zero-order valence-corrected chi connectivity index (χ0v) is 11.1. The monoisotopic (exact) mass is 237 g/mol. The average molecular weight is 237 g/mol. The highest BCUT2D eigenvalue weighted by Crippen LogP contribution is 2.15. The Hall–Kier alpha value is -1.08. The van der Waals surface area contributed by atoms with Crippen LogP contribution in [0.3, 0.4) is 0 Å². The molecule has 1 saturated heterocycles. The van der Waals surface area contributed by atoms with E-state index in [0.717, 1.165) is 32.5 Å². The van der Waals surface area contributed by atoms with Gasteiger partial charge in [0.25, 0.3) is 0 Å². The molecule has 1 aliphatic rings. The van der Waals surface area contributed by atoms with Crippen LogP contribution in [0.5, 0.6) is 0 Å². The van der Waals surface area contributed by atoms with Crippen molar-refractivity contribution in [1.82, 2.24) is 10.2 Å². The number of rotatable bonds is 4. The van der Waals surface area contributed by atoms with Crippen LogP contribution in [0.25, 0.3) is 0 Å². The fourth-order valence-electron chi connectivity index (χ4n) is 2.00. The number of piperidine rings is 1. The Labute approximate surface area is 104 Å². The minimum atomic E-state index is -0.309. The maximum Gasteiger partial charge on any atom is 0.222 e. The van der Waals surface area contributed by atoms with E-state index in [-0.39, 0.29) is 11.3 Å². The molecule has 0 saturated carbocycles. The highest BCUT2D eigenvalue weighted by atomic mass is 16.2. The maximum absolute atomic E-state index is 11.5. The summed E-state index contributed by atoms with van der Waals surface area (Å²) in [5.74, 6) is 0.251. The van der Waals surface area contributed by atoms with Crippen molar-refractivity contribution in [2.75, 3.05) is 19.6 Å². The third kappa shape index (κ3) is 4.35. The molecule has 1 fully saturated rings. The average Bonchev–Trinajstić information content (AvgIpc) is 2.36. The number of nitriles is 1. The number of nitrogens with one attached hydrogen (secondary N) is 1. The summed E-state index contributed by atoms with van der Waals surface area (Å²) >= 11 is 0. The molecule has 96 valence electrons. The van der Waals surface area contributed by atoms with Crippen LogP contribution in [0.15, 0.2) is 0 Å². The molecule has 0 radical (unpaired) electrons. The summed E-state index contributed by atoms with van der Waals surface area (Å²) in [6.45, 7) is 8.19. The molecule has 4 nitrogen and oxygen atoms in total. The number of hydrogen-bond donors (Lipinski definition) is 1.